The van der Waals surface area contributed by atoms with E-state index in [0.717, 1.165) is 12.1 Å². The third-order valence-electron chi connectivity index (χ3n) is 2.93. The molecule has 1 aromatic heterocycles. The van der Waals surface area contributed by atoms with Crippen LogP contribution in [0.2, 0.25) is 0 Å². The molecule has 2 rings (SSSR count). The highest BCUT2D eigenvalue weighted by atomic mass is 16.5. The van der Waals surface area contributed by atoms with Gasteiger partial charge in [-0.1, -0.05) is 6.92 Å². The number of aromatic nitrogens is 1. The third-order valence-corrected chi connectivity index (χ3v) is 2.93. The third kappa shape index (κ3) is 2.77. The van der Waals surface area contributed by atoms with Crippen molar-refractivity contribution in [2.45, 2.75) is 13.3 Å². The number of nitrogens with two attached hydrogens (primary N) is 1. The van der Waals surface area contributed by atoms with Crippen molar-refractivity contribution in [3.05, 3.63) is 23.4 Å². The lowest BCUT2D eigenvalue weighted by Crippen LogP contribution is -2.40. The first-order valence-electron chi connectivity index (χ1n) is 6.09. The summed E-state index contributed by atoms with van der Waals surface area (Å²) in [6.07, 6.45) is 0.763. The van der Waals surface area contributed by atoms with Crippen LogP contribution in [0.1, 0.15) is 23.0 Å². The number of carbonyl (C=O) groups is 1. The van der Waals surface area contributed by atoms with Gasteiger partial charge in [-0.2, -0.15) is 0 Å². The van der Waals surface area contributed by atoms with Crippen LogP contribution in [0.5, 0.6) is 0 Å². The largest absolute Gasteiger partial charge is 0.378 e. The van der Waals surface area contributed by atoms with E-state index in [9.17, 15) is 4.79 Å². The van der Waals surface area contributed by atoms with E-state index >= 15 is 0 Å². The monoisotopic (exact) mass is 250 g/mol. The van der Waals surface area contributed by atoms with Crippen LogP contribution in [-0.4, -0.2) is 42.1 Å². The molecule has 1 aromatic rings. The van der Waals surface area contributed by atoms with Gasteiger partial charge in [0, 0.05) is 24.3 Å². The van der Waals surface area contributed by atoms with Gasteiger partial charge in [-0.25, -0.2) is 10.8 Å². The standard InChI is InChI=1S/C12H18N4O2/c1-2-10-7-9(8-11(14-10)15-13)12(17)16-3-5-18-6-4-16/h7-8H,2-6,13H2,1H3,(H,14,15). The minimum atomic E-state index is 0.00639. The predicted molar refractivity (Wildman–Crippen MR) is 68.1 cm³/mol. The summed E-state index contributed by atoms with van der Waals surface area (Å²) < 4.78 is 5.24. The van der Waals surface area contributed by atoms with Crippen molar-refractivity contribution in [3.63, 3.8) is 0 Å². The van der Waals surface area contributed by atoms with E-state index in [1.54, 1.807) is 11.0 Å². The Balaban J connectivity index is 2.22. The Bertz CT molecular complexity index is 408. The van der Waals surface area contributed by atoms with Crippen LogP contribution in [0.25, 0.3) is 0 Å². The van der Waals surface area contributed by atoms with Crippen molar-refractivity contribution in [1.82, 2.24) is 9.88 Å². The summed E-state index contributed by atoms with van der Waals surface area (Å²) in [6, 6.07) is 3.50. The predicted octanol–water partition coefficient (Wildman–Crippen LogP) is 0.402. The zero-order valence-electron chi connectivity index (χ0n) is 10.5. The minimum Gasteiger partial charge on any atom is -0.378 e. The summed E-state index contributed by atoms with van der Waals surface area (Å²) in [7, 11) is 0. The number of ether oxygens (including phenoxy) is 1. The Morgan fingerprint density at radius 2 is 2.22 bits per heavy atom. The number of morpholine rings is 1. The Morgan fingerprint density at radius 3 is 2.83 bits per heavy atom. The highest BCUT2D eigenvalue weighted by Gasteiger charge is 2.19. The van der Waals surface area contributed by atoms with Gasteiger partial charge in [0.2, 0.25) is 0 Å². The quantitative estimate of drug-likeness (QED) is 0.599. The molecule has 2 heterocycles. The average Bonchev–Trinajstić information content (AvgIpc) is 2.46. The van der Waals surface area contributed by atoms with Crippen molar-refractivity contribution in [2.24, 2.45) is 5.84 Å². The molecule has 0 atom stereocenters. The number of hydrogen-bond donors (Lipinski definition) is 2. The molecular formula is C12H18N4O2. The zero-order valence-corrected chi connectivity index (χ0v) is 10.5. The van der Waals surface area contributed by atoms with Gasteiger partial charge < -0.3 is 15.1 Å². The fraction of sp³-hybridized carbons (Fsp3) is 0.500. The summed E-state index contributed by atoms with van der Waals surface area (Å²) in [5, 5.41) is 0. The van der Waals surface area contributed by atoms with Crippen LogP contribution in [0.15, 0.2) is 12.1 Å². The Morgan fingerprint density at radius 1 is 1.50 bits per heavy atom. The van der Waals surface area contributed by atoms with Gasteiger partial charge in [-0.05, 0) is 18.6 Å². The van der Waals surface area contributed by atoms with Crippen LogP contribution in [0, 0.1) is 0 Å². The van der Waals surface area contributed by atoms with E-state index in [4.69, 9.17) is 10.6 Å². The van der Waals surface area contributed by atoms with Gasteiger partial charge in [0.25, 0.3) is 5.91 Å². The lowest BCUT2D eigenvalue weighted by Gasteiger charge is -2.27. The Labute approximate surface area is 106 Å². The zero-order chi connectivity index (χ0) is 13.0. The number of nitrogens with zero attached hydrogens (tertiary/aromatic N) is 2. The average molecular weight is 250 g/mol. The van der Waals surface area contributed by atoms with Crippen molar-refractivity contribution >= 4 is 11.7 Å². The molecule has 1 saturated heterocycles. The van der Waals surface area contributed by atoms with E-state index in [0.29, 0.717) is 37.7 Å². The lowest BCUT2D eigenvalue weighted by molar-refractivity contribution is 0.0303. The van der Waals surface area contributed by atoms with Gasteiger partial charge in [-0.3, -0.25) is 4.79 Å². The second-order valence-electron chi connectivity index (χ2n) is 4.13. The normalized spacial score (nSPS) is 15.6. The first-order chi connectivity index (χ1) is 8.74. The lowest BCUT2D eigenvalue weighted by atomic mass is 10.1. The number of carbonyl (C=O) groups excluding carboxylic acids is 1. The van der Waals surface area contributed by atoms with Gasteiger partial charge in [0.05, 0.1) is 13.2 Å². The molecule has 0 radical (unpaired) electrons. The fourth-order valence-corrected chi connectivity index (χ4v) is 1.92. The maximum absolute atomic E-state index is 12.3. The molecule has 1 aliphatic rings. The molecule has 18 heavy (non-hydrogen) atoms. The smallest absolute Gasteiger partial charge is 0.254 e. The SMILES string of the molecule is CCc1cc(C(=O)N2CCOCC2)cc(NN)n1. The highest BCUT2D eigenvalue weighted by molar-refractivity contribution is 5.95. The summed E-state index contributed by atoms with van der Waals surface area (Å²) in [6.45, 7) is 4.45. The molecule has 3 N–H and O–H groups in total. The molecular weight excluding hydrogens is 232 g/mol. The summed E-state index contributed by atoms with van der Waals surface area (Å²) in [5.41, 5.74) is 3.96. The molecule has 0 spiro atoms. The molecule has 1 fully saturated rings. The van der Waals surface area contributed by atoms with E-state index in [1.807, 2.05) is 13.0 Å². The Kier molecular flexibility index (Phi) is 4.11. The topological polar surface area (TPSA) is 80.5 Å². The number of anilines is 1. The molecule has 0 unspecified atom stereocenters. The number of nitrogens with one attached hydrogen (secondary N) is 1. The maximum Gasteiger partial charge on any atom is 0.254 e. The number of hydrazine groups is 1. The van der Waals surface area contributed by atoms with Gasteiger partial charge in [-0.15, -0.1) is 0 Å². The number of amides is 1. The number of aryl methyl sites for hydroxylation is 1. The number of hydrogen-bond acceptors (Lipinski definition) is 5. The second-order valence-corrected chi connectivity index (χ2v) is 4.13. The van der Waals surface area contributed by atoms with Crippen molar-refractivity contribution in [2.75, 3.05) is 31.7 Å². The van der Waals surface area contributed by atoms with Crippen molar-refractivity contribution in [1.29, 1.82) is 0 Å². The summed E-state index contributed by atoms with van der Waals surface area (Å²) >= 11 is 0. The summed E-state index contributed by atoms with van der Waals surface area (Å²) in [4.78, 5) is 18.4. The first kappa shape index (κ1) is 12.8. The number of nitrogen functional groups attached to an aromatic ring is 1. The fourth-order valence-electron chi connectivity index (χ4n) is 1.92. The minimum absolute atomic E-state index is 0.00639. The Hall–Kier alpha value is -1.66. The molecule has 6 nitrogen and oxygen atoms in total. The molecule has 0 aliphatic carbocycles. The number of pyridine rings is 1. The van der Waals surface area contributed by atoms with Gasteiger partial charge in [0.15, 0.2) is 0 Å². The van der Waals surface area contributed by atoms with E-state index < -0.39 is 0 Å². The highest BCUT2D eigenvalue weighted by Crippen LogP contribution is 2.13. The molecule has 1 amide bonds. The van der Waals surface area contributed by atoms with Gasteiger partial charge in [0.1, 0.15) is 5.82 Å². The number of rotatable bonds is 3. The van der Waals surface area contributed by atoms with E-state index in [2.05, 4.69) is 10.4 Å². The summed E-state index contributed by atoms with van der Waals surface area (Å²) in [5.74, 6) is 5.89. The molecule has 98 valence electrons. The molecule has 0 saturated carbocycles. The van der Waals surface area contributed by atoms with Crippen LogP contribution in [0.4, 0.5) is 5.82 Å². The molecule has 0 bridgehead atoms. The van der Waals surface area contributed by atoms with Crippen LogP contribution in [0.3, 0.4) is 0 Å². The maximum atomic E-state index is 12.3. The second kappa shape index (κ2) is 5.79. The van der Waals surface area contributed by atoms with Crippen LogP contribution in [-0.2, 0) is 11.2 Å². The van der Waals surface area contributed by atoms with Crippen molar-refractivity contribution in [3.8, 4) is 0 Å². The van der Waals surface area contributed by atoms with Crippen LogP contribution < -0.4 is 11.3 Å². The molecule has 0 aromatic carbocycles. The van der Waals surface area contributed by atoms with Crippen LogP contribution >= 0.6 is 0 Å². The van der Waals surface area contributed by atoms with E-state index in [-0.39, 0.29) is 5.91 Å². The molecule has 6 heteroatoms. The van der Waals surface area contributed by atoms with Gasteiger partial charge >= 0.3 is 0 Å². The first-order valence-corrected chi connectivity index (χ1v) is 6.09. The van der Waals surface area contributed by atoms with Crippen molar-refractivity contribution < 1.29 is 9.53 Å². The van der Waals surface area contributed by atoms with E-state index in [1.165, 1.54) is 0 Å². The molecule has 1 aliphatic heterocycles.